The van der Waals surface area contributed by atoms with Gasteiger partial charge in [-0.05, 0) is 54.0 Å². The van der Waals surface area contributed by atoms with E-state index in [0.29, 0.717) is 24.6 Å². The predicted octanol–water partition coefficient (Wildman–Crippen LogP) is 3.86. The quantitative estimate of drug-likeness (QED) is 0.766. The third kappa shape index (κ3) is 3.23. The van der Waals surface area contributed by atoms with Gasteiger partial charge in [-0.2, -0.15) is 16.3 Å². The molecule has 1 aromatic carbocycles. The number of carbonyl (C=O) groups is 1. The summed E-state index contributed by atoms with van der Waals surface area (Å²) in [6.07, 6.45) is 4.21. The van der Waals surface area contributed by atoms with Crippen molar-refractivity contribution >= 4 is 22.9 Å². The molecule has 0 atom stereocenters. The van der Waals surface area contributed by atoms with Crippen LogP contribution in [0.3, 0.4) is 0 Å². The molecule has 6 heteroatoms. The van der Waals surface area contributed by atoms with E-state index in [1.165, 1.54) is 17.5 Å². The summed E-state index contributed by atoms with van der Waals surface area (Å²) >= 11 is 1.59. The zero-order valence-electron chi connectivity index (χ0n) is 13.1. The molecule has 1 aliphatic carbocycles. The average molecular weight is 339 g/mol. The Labute approximate surface area is 143 Å². The molecule has 1 amide bonds. The SMILES string of the molecule is O=C(CCc1nc(-c2ccsc2)no1)Nc1ccc2c(c1)CCC2. The Kier molecular flexibility index (Phi) is 4.13. The van der Waals surface area contributed by atoms with Gasteiger partial charge in [0.2, 0.25) is 17.6 Å². The van der Waals surface area contributed by atoms with Gasteiger partial charge in [-0.3, -0.25) is 4.79 Å². The number of hydrogen-bond donors (Lipinski definition) is 1. The van der Waals surface area contributed by atoms with Crippen molar-refractivity contribution in [1.82, 2.24) is 10.1 Å². The number of nitrogens with zero attached hydrogens (tertiary/aromatic N) is 2. The normalized spacial score (nSPS) is 13.0. The second-order valence-corrected chi connectivity index (χ2v) is 6.69. The fourth-order valence-corrected chi connectivity index (χ4v) is 3.59. The molecule has 5 nitrogen and oxygen atoms in total. The maximum atomic E-state index is 12.1. The molecule has 0 aliphatic heterocycles. The lowest BCUT2D eigenvalue weighted by molar-refractivity contribution is -0.116. The van der Waals surface area contributed by atoms with Gasteiger partial charge in [-0.25, -0.2) is 0 Å². The van der Waals surface area contributed by atoms with Crippen LogP contribution in [-0.2, 0) is 24.1 Å². The molecular formula is C18H17N3O2S. The van der Waals surface area contributed by atoms with E-state index in [4.69, 9.17) is 4.52 Å². The summed E-state index contributed by atoms with van der Waals surface area (Å²) in [5.41, 5.74) is 4.56. The van der Waals surface area contributed by atoms with Crippen LogP contribution in [-0.4, -0.2) is 16.0 Å². The number of amides is 1. The fraction of sp³-hybridized carbons (Fsp3) is 0.278. The second kappa shape index (κ2) is 6.57. The molecule has 0 fully saturated rings. The van der Waals surface area contributed by atoms with Crippen molar-refractivity contribution in [2.24, 2.45) is 0 Å². The largest absolute Gasteiger partial charge is 0.339 e. The van der Waals surface area contributed by atoms with Gasteiger partial charge >= 0.3 is 0 Å². The molecule has 2 aromatic heterocycles. The molecule has 0 spiro atoms. The van der Waals surface area contributed by atoms with Gasteiger partial charge in [0, 0.05) is 29.5 Å². The first-order chi connectivity index (χ1) is 11.8. The first-order valence-corrected chi connectivity index (χ1v) is 8.99. The smallest absolute Gasteiger partial charge is 0.227 e. The Morgan fingerprint density at radius 2 is 2.17 bits per heavy atom. The van der Waals surface area contributed by atoms with Gasteiger partial charge in [0.05, 0.1) is 0 Å². The first kappa shape index (κ1) is 15.1. The maximum Gasteiger partial charge on any atom is 0.227 e. The Bertz CT molecular complexity index is 855. The Hall–Kier alpha value is -2.47. The lowest BCUT2D eigenvalue weighted by Crippen LogP contribution is -2.12. The van der Waals surface area contributed by atoms with E-state index in [0.717, 1.165) is 24.1 Å². The van der Waals surface area contributed by atoms with Crippen LogP contribution in [0.5, 0.6) is 0 Å². The number of hydrogen-bond acceptors (Lipinski definition) is 5. The number of thiophene rings is 1. The Morgan fingerprint density at radius 3 is 3.04 bits per heavy atom. The number of aromatic nitrogens is 2. The lowest BCUT2D eigenvalue weighted by atomic mass is 10.1. The molecule has 1 aliphatic rings. The zero-order chi connectivity index (χ0) is 16.4. The van der Waals surface area contributed by atoms with Crippen molar-refractivity contribution in [3.05, 3.63) is 52.0 Å². The van der Waals surface area contributed by atoms with E-state index in [1.807, 2.05) is 22.9 Å². The topological polar surface area (TPSA) is 68.0 Å². The highest BCUT2D eigenvalue weighted by Gasteiger charge is 2.13. The minimum absolute atomic E-state index is 0.0387. The van der Waals surface area contributed by atoms with Crippen LogP contribution in [0, 0.1) is 0 Å². The minimum atomic E-state index is -0.0387. The van der Waals surface area contributed by atoms with Crippen molar-refractivity contribution in [1.29, 1.82) is 0 Å². The number of fused-ring (bicyclic) bond motifs is 1. The van der Waals surface area contributed by atoms with E-state index < -0.39 is 0 Å². The summed E-state index contributed by atoms with van der Waals surface area (Å²) in [7, 11) is 0. The molecule has 4 rings (SSSR count). The van der Waals surface area contributed by atoms with Gasteiger partial charge in [0.25, 0.3) is 0 Å². The monoisotopic (exact) mass is 339 g/mol. The average Bonchev–Trinajstić information content (AvgIpc) is 3.32. The third-order valence-corrected chi connectivity index (χ3v) is 4.88. The Morgan fingerprint density at radius 1 is 1.25 bits per heavy atom. The van der Waals surface area contributed by atoms with Gasteiger partial charge in [0.1, 0.15) is 0 Å². The van der Waals surface area contributed by atoms with Crippen molar-refractivity contribution < 1.29 is 9.32 Å². The summed E-state index contributed by atoms with van der Waals surface area (Å²) in [6.45, 7) is 0. The maximum absolute atomic E-state index is 12.1. The molecule has 3 aromatic rings. The molecule has 0 bridgehead atoms. The van der Waals surface area contributed by atoms with E-state index >= 15 is 0 Å². The number of anilines is 1. The molecule has 1 N–H and O–H groups in total. The molecule has 122 valence electrons. The van der Waals surface area contributed by atoms with Gasteiger partial charge in [-0.15, -0.1) is 0 Å². The van der Waals surface area contributed by atoms with Gasteiger partial charge in [-0.1, -0.05) is 11.2 Å². The number of nitrogens with one attached hydrogen (secondary N) is 1. The summed E-state index contributed by atoms with van der Waals surface area (Å²) in [6, 6.07) is 8.12. The molecule has 24 heavy (non-hydrogen) atoms. The van der Waals surface area contributed by atoms with Crippen molar-refractivity contribution in [3.63, 3.8) is 0 Å². The van der Waals surface area contributed by atoms with Crippen LogP contribution >= 0.6 is 11.3 Å². The van der Waals surface area contributed by atoms with Gasteiger partial charge in [0.15, 0.2) is 0 Å². The highest BCUT2D eigenvalue weighted by Crippen LogP contribution is 2.25. The molecule has 0 radical (unpaired) electrons. The van der Waals surface area contributed by atoms with Crippen LogP contribution in [0.4, 0.5) is 5.69 Å². The predicted molar refractivity (Wildman–Crippen MR) is 93.0 cm³/mol. The van der Waals surface area contributed by atoms with Crippen molar-refractivity contribution in [2.75, 3.05) is 5.32 Å². The van der Waals surface area contributed by atoms with E-state index in [9.17, 15) is 4.79 Å². The highest BCUT2D eigenvalue weighted by molar-refractivity contribution is 7.08. The van der Waals surface area contributed by atoms with Crippen LogP contribution < -0.4 is 5.32 Å². The third-order valence-electron chi connectivity index (χ3n) is 4.20. The van der Waals surface area contributed by atoms with Crippen LogP contribution in [0.25, 0.3) is 11.4 Å². The second-order valence-electron chi connectivity index (χ2n) is 5.91. The standard InChI is InChI=1S/C18H17N3O2S/c22-16(19-15-5-4-12-2-1-3-13(12)10-15)6-7-17-20-18(21-23-17)14-8-9-24-11-14/h4-5,8-11H,1-3,6-7H2,(H,19,22). The molecule has 0 saturated carbocycles. The van der Waals surface area contributed by atoms with Crippen molar-refractivity contribution in [3.8, 4) is 11.4 Å². The minimum Gasteiger partial charge on any atom is -0.339 e. The Balaban J connectivity index is 1.33. The van der Waals surface area contributed by atoms with E-state index in [2.05, 4.69) is 27.6 Å². The molecule has 0 saturated heterocycles. The molecule has 2 heterocycles. The summed E-state index contributed by atoms with van der Waals surface area (Å²) in [5, 5.41) is 10.8. The van der Waals surface area contributed by atoms with E-state index in [-0.39, 0.29) is 5.91 Å². The van der Waals surface area contributed by atoms with Crippen molar-refractivity contribution in [2.45, 2.75) is 32.1 Å². The summed E-state index contributed by atoms with van der Waals surface area (Å²) < 4.78 is 5.21. The highest BCUT2D eigenvalue weighted by atomic mass is 32.1. The van der Waals surface area contributed by atoms with Gasteiger partial charge < -0.3 is 9.84 Å². The first-order valence-electron chi connectivity index (χ1n) is 8.05. The fourth-order valence-electron chi connectivity index (χ4n) is 2.96. The number of rotatable bonds is 5. The summed E-state index contributed by atoms with van der Waals surface area (Å²) in [5.74, 6) is 1.02. The molecular weight excluding hydrogens is 322 g/mol. The van der Waals surface area contributed by atoms with Crippen LogP contribution in [0.1, 0.15) is 29.9 Å². The van der Waals surface area contributed by atoms with Crippen LogP contribution in [0.2, 0.25) is 0 Å². The number of aryl methyl sites for hydroxylation is 3. The van der Waals surface area contributed by atoms with E-state index in [1.54, 1.807) is 11.3 Å². The molecule has 0 unspecified atom stereocenters. The van der Waals surface area contributed by atoms with Crippen LogP contribution in [0.15, 0.2) is 39.5 Å². The zero-order valence-corrected chi connectivity index (χ0v) is 13.9. The number of benzene rings is 1. The lowest BCUT2D eigenvalue weighted by Gasteiger charge is -2.06. The number of carbonyl (C=O) groups excluding carboxylic acids is 1. The summed E-state index contributed by atoms with van der Waals surface area (Å²) in [4.78, 5) is 16.4.